The van der Waals surface area contributed by atoms with Crippen LogP contribution in [-0.2, 0) is 19.4 Å². The average Bonchev–Trinajstić information content (AvgIpc) is 2.97. The van der Waals surface area contributed by atoms with Crippen molar-refractivity contribution >= 4 is 27.2 Å². The number of thiazole rings is 1. The quantitative estimate of drug-likeness (QED) is 0.795. The number of rotatable bonds is 4. The number of anilines is 1. The highest BCUT2D eigenvalue weighted by Crippen LogP contribution is 2.29. The maximum Gasteiger partial charge on any atom is 0.0951 e. The maximum atomic E-state index is 5.64. The second-order valence-electron chi connectivity index (χ2n) is 6.10. The van der Waals surface area contributed by atoms with Gasteiger partial charge < -0.3 is 10.6 Å². The van der Waals surface area contributed by atoms with Crippen LogP contribution in [0.1, 0.15) is 22.6 Å². The molecule has 0 unspecified atom stereocenters. The Kier molecular flexibility index (Phi) is 4.02. The summed E-state index contributed by atoms with van der Waals surface area (Å²) in [6, 6.07) is 15.5. The first-order valence-electron chi connectivity index (χ1n) is 8.25. The van der Waals surface area contributed by atoms with E-state index in [4.69, 9.17) is 5.73 Å². The third kappa shape index (κ3) is 2.96. The van der Waals surface area contributed by atoms with E-state index in [1.807, 2.05) is 0 Å². The van der Waals surface area contributed by atoms with Crippen LogP contribution in [0.25, 0.3) is 10.2 Å². The highest BCUT2D eigenvalue weighted by Gasteiger charge is 2.16. The van der Waals surface area contributed by atoms with Crippen molar-refractivity contribution in [2.75, 3.05) is 18.0 Å². The van der Waals surface area contributed by atoms with Gasteiger partial charge in [0.1, 0.15) is 0 Å². The largest absolute Gasteiger partial charge is 0.367 e. The summed E-state index contributed by atoms with van der Waals surface area (Å²) in [5.41, 5.74) is 11.0. The fourth-order valence-electron chi connectivity index (χ4n) is 3.34. The molecule has 4 heteroatoms. The van der Waals surface area contributed by atoms with Crippen LogP contribution >= 0.6 is 11.3 Å². The number of para-hydroxylation sites is 1. The minimum absolute atomic E-state index is 0.664. The fraction of sp³-hybridized carbons (Fsp3) is 0.316. The molecule has 0 fully saturated rings. The lowest BCUT2D eigenvalue weighted by Gasteiger charge is -2.31. The predicted molar refractivity (Wildman–Crippen MR) is 98.2 cm³/mol. The number of hydrogen-bond donors (Lipinski definition) is 1. The highest BCUT2D eigenvalue weighted by molar-refractivity contribution is 7.18. The van der Waals surface area contributed by atoms with Crippen LogP contribution in [-0.4, -0.2) is 18.1 Å². The SMILES string of the molecule is NCCc1nc2ccc(CN3CCCc4ccccc43)cc2s1. The van der Waals surface area contributed by atoms with E-state index in [1.54, 1.807) is 11.3 Å². The monoisotopic (exact) mass is 323 g/mol. The molecule has 0 atom stereocenters. The second-order valence-corrected chi connectivity index (χ2v) is 7.22. The van der Waals surface area contributed by atoms with E-state index < -0.39 is 0 Å². The molecule has 0 saturated carbocycles. The van der Waals surface area contributed by atoms with Crippen molar-refractivity contribution in [1.29, 1.82) is 0 Å². The van der Waals surface area contributed by atoms with Crippen molar-refractivity contribution in [3.05, 3.63) is 58.6 Å². The van der Waals surface area contributed by atoms with Crippen LogP contribution in [0, 0.1) is 0 Å². The third-order valence-corrected chi connectivity index (χ3v) is 5.51. The van der Waals surface area contributed by atoms with Gasteiger partial charge in [-0.15, -0.1) is 11.3 Å². The number of nitrogens with two attached hydrogens (primary N) is 1. The summed E-state index contributed by atoms with van der Waals surface area (Å²) >= 11 is 1.77. The number of fused-ring (bicyclic) bond motifs is 2. The van der Waals surface area contributed by atoms with Gasteiger partial charge in [-0.05, 0) is 48.7 Å². The van der Waals surface area contributed by atoms with Crippen molar-refractivity contribution in [3.63, 3.8) is 0 Å². The molecule has 118 valence electrons. The Morgan fingerprint density at radius 2 is 2.09 bits per heavy atom. The van der Waals surface area contributed by atoms with Crippen molar-refractivity contribution in [2.45, 2.75) is 25.8 Å². The standard InChI is InChI=1S/C19H21N3S/c20-10-9-19-21-16-8-7-14(12-18(16)23-19)13-22-11-3-5-15-4-1-2-6-17(15)22/h1-2,4,6-8,12H,3,5,9-11,13,20H2. The molecule has 0 spiro atoms. The highest BCUT2D eigenvalue weighted by atomic mass is 32.1. The minimum atomic E-state index is 0.664. The van der Waals surface area contributed by atoms with Gasteiger partial charge in [0, 0.05) is 25.2 Å². The molecule has 1 aromatic heterocycles. The van der Waals surface area contributed by atoms with Gasteiger partial charge in [-0.2, -0.15) is 0 Å². The van der Waals surface area contributed by atoms with Crippen molar-refractivity contribution in [2.24, 2.45) is 5.73 Å². The molecule has 3 aromatic rings. The maximum absolute atomic E-state index is 5.64. The Hall–Kier alpha value is -1.91. The van der Waals surface area contributed by atoms with Crippen LogP contribution < -0.4 is 10.6 Å². The van der Waals surface area contributed by atoms with E-state index in [2.05, 4.69) is 52.3 Å². The Morgan fingerprint density at radius 1 is 1.17 bits per heavy atom. The summed E-state index contributed by atoms with van der Waals surface area (Å²) in [7, 11) is 0. The number of aromatic nitrogens is 1. The van der Waals surface area contributed by atoms with Crippen molar-refractivity contribution in [3.8, 4) is 0 Å². The summed E-state index contributed by atoms with van der Waals surface area (Å²) in [5.74, 6) is 0. The van der Waals surface area contributed by atoms with Crippen LogP contribution in [0.5, 0.6) is 0 Å². The molecule has 4 rings (SSSR count). The van der Waals surface area contributed by atoms with Crippen LogP contribution in [0.15, 0.2) is 42.5 Å². The molecular weight excluding hydrogens is 302 g/mol. The molecule has 1 aliphatic heterocycles. The number of aryl methyl sites for hydroxylation is 1. The van der Waals surface area contributed by atoms with Gasteiger partial charge in [0.25, 0.3) is 0 Å². The Labute approximate surface area is 140 Å². The van der Waals surface area contributed by atoms with Gasteiger partial charge >= 0.3 is 0 Å². The predicted octanol–water partition coefficient (Wildman–Crippen LogP) is 3.75. The van der Waals surface area contributed by atoms with E-state index in [0.717, 1.165) is 30.0 Å². The lowest BCUT2D eigenvalue weighted by atomic mass is 10.0. The fourth-order valence-corrected chi connectivity index (χ4v) is 4.39. The van der Waals surface area contributed by atoms with Crippen LogP contribution in [0.3, 0.4) is 0 Å². The van der Waals surface area contributed by atoms with E-state index in [-0.39, 0.29) is 0 Å². The zero-order valence-corrected chi connectivity index (χ0v) is 14.0. The summed E-state index contributed by atoms with van der Waals surface area (Å²) in [6.45, 7) is 2.77. The molecule has 2 N–H and O–H groups in total. The first kappa shape index (κ1) is 14.7. The van der Waals surface area contributed by atoms with Crippen LogP contribution in [0.4, 0.5) is 5.69 Å². The summed E-state index contributed by atoms with van der Waals surface area (Å²) in [5, 5.41) is 1.14. The van der Waals surface area contributed by atoms with E-state index >= 15 is 0 Å². The van der Waals surface area contributed by atoms with E-state index in [1.165, 1.54) is 34.4 Å². The first-order valence-corrected chi connectivity index (χ1v) is 9.06. The van der Waals surface area contributed by atoms with Crippen LogP contribution in [0.2, 0.25) is 0 Å². The van der Waals surface area contributed by atoms with Gasteiger partial charge in [-0.3, -0.25) is 0 Å². The summed E-state index contributed by atoms with van der Waals surface area (Å²) in [6.07, 6.45) is 3.30. The molecule has 2 aromatic carbocycles. The molecule has 0 aliphatic carbocycles. The summed E-state index contributed by atoms with van der Waals surface area (Å²) in [4.78, 5) is 7.15. The lowest BCUT2D eigenvalue weighted by Crippen LogP contribution is -2.28. The minimum Gasteiger partial charge on any atom is -0.367 e. The molecule has 0 saturated heterocycles. The Morgan fingerprint density at radius 3 is 3.00 bits per heavy atom. The van der Waals surface area contributed by atoms with E-state index in [9.17, 15) is 0 Å². The molecular formula is C19H21N3S. The van der Waals surface area contributed by atoms with Gasteiger partial charge in [-0.25, -0.2) is 4.98 Å². The smallest absolute Gasteiger partial charge is 0.0951 e. The topological polar surface area (TPSA) is 42.1 Å². The zero-order chi connectivity index (χ0) is 15.6. The number of benzene rings is 2. The molecule has 0 bridgehead atoms. The van der Waals surface area contributed by atoms with Crippen molar-refractivity contribution in [1.82, 2.24) is 4.98 Å². The third-order valence-electron chi connectivity index (χ3n) is 4.44. The molecule has 2 heterocycles. The summed E-state index contributed by atoms with van der Waals surface area (Å²) < 4.78 is 1.27. The first-order chi connectivity index (χ1) is 11.3. The van der Waals surface area contributed by atoms with Crippen molar-refractivity contribution < 1.29 is 0 Å². The molecule has 3 nitrogen and oxygen atoms in total. The van der Waals surface area contributed by atoms with Gasteiger partial charge in [0.2, 0.25) is 0 Å². The lowest BCUT2D eigenvalue weighted by molar-refractivity contribution is 0.691. The normalized spacial score (nSPS) is 14.2. The average molecular weight is 323 g/mol. The molecule has 0 radical (unpaired) electrons. The number of nitrogens with zero attached hydrogens (tertiary/aromatic N) is 2. The van der Waals surface area contributed by atoms with Gasteiger partial charge in [-0.1, -0.05) is 24.3 Å². The Balaban J connectivity index is 1.60. The Bertz CT molecular complexity index is 824. The molecule has 1 aliphatic rings. The molecule has 23 heavy (non-hydrogen) atoms. The number of hydrogen-bond acceptors (Lipinski definition) is 4. The van der Waals surface area contributed by atoms with E-state index in [0.29, 0.717) is 6.54 Å². The zero-order valence-electron chi connectivity index (χ0n) is 13.2. The van der Waals surface area contributed by atoms with Gasteiger partial charge in [0.05, 0.1) is 15.2 Å². The second kappa shape index (κ2) is 6.30. The molecule has 0 amide bonds. The van der Waals surface area contributed by atoms with Gasteiger partial charge in [0.15, 0.2) is 0 Å².